The van der Waals surface area contributed by atoms with Crippen molar-refractivity contribution in [3.05, 3.63) is 59.3 Å². The van der Waals surface area contributed by atoms with Gasteiger partial charge in [-0.25, -0.2) is 4.98 Å². The summed E-state index contributed by atoms with van der Waals surface area (Å²) in [6, 6.07) is 14.3. The highest BCUT2D eigenvalue weighted by atomic mass is 32.1. The first-order valence-electron chi connectivity index (χ1n) is 7.24. The van der Waals surface area contributed by atoms with Gasteiger partial charge >= 0.3 is 0 Å². The molecule has 0 spiro atoms. The third kappa shape index (κ3) is 2.24. The van der Waals surface area contributed by atoms with Crippen molar-refractivity contribution in [3.8, 4) is 28.8 Å². The molecule has 0 fully saturated rings. The standard InChI is InChI=1S/C18H13N3OS/c1-12-4-6-13(7-5-12)15-11-23-18-20-17(16-3-2-10-22-16)14(8-9-19)21(15)18/h2-7,10-11H,8H2,1H3. The smallest absolute Gasteiger partial charge is 0.195 e. The van der Waals surface area contributed by atoms with Crippen molar-refractivity contribution < 1.29 is 4.42 Å². The fraction of sp³-hybridized carbons (Fsp3) is 0.111. The van der Waals surface area contributed by atoms with E-state index in [-0.39, 0.29) is 6.42 Å². The first kappa shape index (κ1) is 13.8. The summed E-state index contributed by atoms with van der Waals surface area (Å²) in [4.78, 5) is 5.55. The molecule has 4 nitrogen and oxygen atoms in total. The molecule has 0 saturated carbocycles. The number of aromatic nitrogens is 2. The van der Waals surface area contributed by atoms with Crippen molar-refractivity contribution in [2.45, 2.75) is 13.3 Å². The second-order valence-electron chi connectivity index (χ2n) is 5.32. The average molecular weight is 319 g/mol. The van der Waals surface area contributed by atoms with Gasteiger partial charge in [-0.1, -0.05) is 29.8 Å². The lowest BCUT2D eigenvalue weighted by Gasteiger charge is -2.04. The van der Waals surface area contributed by atoms with Crippen molar-refractivity contribution in [2.24, 2.45) is 0 Å². The van der Waals surface area contributed by atoms with Crippen molar-refractivity contribution in [2.75, 3.05) is 0 Å². The van der Waals surface area contributed by atoms with Gasteiger partial charge in [0.1, 0.15) is 5.69 Å². The summed E-state index contributed by atoms with van der Waals surface area (Å²) in [7, 11) is 0. The first-order valence-corrected chi connectivity index (χ1v) is 8.12. The lowest BCUT2D eigenvalue weighted by Crippen LogP contribution is -1.94. The van der Waals surface area contributed by atoms with E-state index in [2.05, 4.69) is 52.0 Å². The molecule has 1 aromatic carbocycles. The normalized spacial score (nSPS) is 11.0. The summed E-state index contributed by atoms with van der Waals surface area (Å²) in [5.74, 6) is 0.695. The zero-order valence-electron chi connectivity index (χ0n) is 12.5. The molecule has 5 heteroatoms. The molecule has 3 heterocycles. The monoisotopic (exact) mass is 319 g/mol. The number of hydrogen-bond acceptors (Lipinski definition) is 4. The van der Waals surface area contributed by atoms with Crippen molar-refractivity contribution in [1.82, 2.24) is 9.38 Å². The Balaban J connectivity index is 1.97. The fourth-order valence-corrected chi connectivity index (χ4v) is 3.61. The lowest BCUT2D eigenvalue weighted by atomic mass is 10.1. The SMILES string of the molecule is Cc1ccc(-c2csc3nc(-c4ccco4)c(CC#N)n23)cc1. The number of aryl methyl sites for hydroxylation is 1. The molecule has 4 aromatic rings. The van der Waals surface area contributed by atoms with Gasteiger partial charge < -0.3 is 4.42 Å². The van der Waals surface area contributed by atoms with E-state index in [9.17, 15) is 5.26 Å². The molecule has 0 bridgehead atoms. The predicted octanol–water partition coefficient (Wildman–Crippen LogP) is 4.70. The Labute approximate surface area is 137 Å². The minimum absolute atomic E-state index is 0.285. The summed E-state index contributed by atoms with van der Waals surface area (Å²) >= 11 is 1.57. The van der Waals surface area contributed by atoms with Gasteiger partial charge in [-0.3, -0.25) is 4.40 Å². The van der Waals surface area contributed by atoms with Crippen LogP contribution in [0, 0.1) is 18.3 Å². The molecule has 0 aliphatic rings. The van der Waals surface area contributed by atoms with Crippen LogP contribution in [0.15, 0.2) is 52.5 Å². The fourth-order valence-electron chi connectivity index (χ4n) is 2.69. The molecule has 0 unspecified atom stereocenters. The van der Waals surface area contributed by atoms with E-state index in [1.54, 1.807) is 17.6 Å². The quantitative estimate of drug-likeness (QED) is 0.550. The van der Waals surface area contributed by atoms with Gasteiger partial charge in [0, 0.05) is 5.38 Å². The van der Waals surface area contributed by atoms with Crippen LogP contribution in [0.3, 0.4) is 0 Å². The molecule has 0 saturated heterocycles. The summed E-state index contributed by atoms with van der Waals surface area (Å²) < 4.78 is 7.55. The van der Waals surface area contributed by atoms with Gasteiger partial charge in [0.2, 0.25) is 0 Å². The number of hydrogen-bond donors (Lipinski definition) is 0. The van der Waals surface area contributed by atoms with Crippen LogP contribution in [-0.2, 0) is 6.42 Å². The Morgan fingerprint density at radius 1 is 1.26 bits per heavy atom. The minimum atomic E-state index is 0.285. The highest BCUT2D eigenvalue weighted by Gasteiger charge is 2.20. The molecule has 0 amide bonds. The van der Waals surface area contributed by atoms with E-state index >= 15 is 0 Å². The summed E-state index contributed by atoms with van der Waals surface area (Å²) in [5, 5.41) is 11.3. The van der Waals surface area contributed by atoms with Crippen molar-refractivity contribution in [3.63, 3.8) is 0 Å². The van der Waals surface area contributed by atoms with Crippen LogP contribution in [-0.4, -0.2) is 9.38 Å². The van der Waals surface area contributed by atoms with E-state index in [1.165, 1.54) is 5.56 Å². The largest absolute Gasteiger partial charge is 0.463 e. The predicted molar refractivity (Wildman–Crippen MR) is 90.3 cm³/mol. The maximum absolute atomic E-state index is 9.24. The number of thiazole rings is 1. The molecule has 112 valence electrons. The van der Waals surface area contributed by atoms with E-state index in [4.69, 9.17) is 4.42 Å². The van der Waals surface area contributed by atoms with E-state index in [1.807, 2.05) is 12.1 Å². The minimum Gasteiger partial charge on any atom is -0.463 e. The first-order chi connectivity index (χ1) is 11.3. The number of nitriles is 1. The zero-order valence-corrected chi connectivity index (χ0v) is 13.3. The third-order valence-electron chi connectivity index (χ3n) is 3.81. The number of rotatable bonds is 3. The van der Waals surface area contributed by atoms with E-state index < -0.39 is 0 Å². The Hall–Kier alpha value is -2.84. The van der Waals surface area contributed by atoms with Gasteiger partial charge in [0.05, 0.1) is 30.1 Å². The maximum Gasteiger partial charge on any atom is 0.195 e. The van der Waals surface area contributed by atoms with E-state index in [0.29, 0.717) is 5.76 Å². The Morgan fingerprint density at radius 3 is 2.78 bits per heavy atom. The highest BCUT2D eigenvalue weighted by Crippen LogP contribution is 2.33. The molecular weight excluding hydrogens is 306 g/mol. The number of imidazole rings is 1. The Bertz CT molecular complexity index is 1000. The highest BCUT2D eigenvalue weighted by molar-refractivity contribution is 7.15. The zero-order chi connectivity index (χ0) is 15.8. The number of nitrogens with zero attached hydrogens (tertiary/aromatic N) is 3. The molecule has 0 aliphatic heterocycles. The topological polar surface area (TPSA) is 54.2 Å². The molecule has 0 radical (unpaired) electrons. The third-order valence-corrected chi connectivity index (χ3v) is 4.63. The number of furan rings is 1. The second kappa shape index (κ2) is 5.41. The van der Waals surface area contributed by atoms with Crippen LogP contribution in [0.4, 0.5) is 0 Å². The summed E-state index contributed by atoms with van der Waals surface area (Å²) in [6.45, 7) is 2.07. The Kier molecular flexibility index (Phi) is 3.25. The molecular formula is C18H13N3OS. The molecule has 0 N–H and O–H groups in total. The van der Waals surface area contributed by atoms with Gasteiger partial charge in [0.25, 0.3) is 0 Å². The van der Waals surface area contributed by atoms with Crippen LogP contribution in [0.1, 0.15) is 11.3 Å². The molecule has 0 aliphatic carbocycles. The summed E-state index contributed by atoms with van der Waals surface area (Å²) in [5.41, 5.74) is 5.01. The van der Waals surface area contributed by atoms with Crippen molar-refractivity contribution >= 4 is 16.3 Å². The van der Waals surface area contributed by atoms with Crippen LogP contribution >= 0.6 is 11.3 Å². The van der Waals surface area contributed by atoms with Crippen LogP contribution in [0.2, 0.25) is 0 Å². The van der Waals surface area contributed by atoms with Gasteiger partial charge in [-0.2, -0.15) is 5.26 Å². The average Bonchev–Trinajstić information content (AvgIpc) is 3.25. The van der Waals surface area contributed by atoms with E-state index in [0.717, 1.165) is 27.6 Å². The van der Waals surface area contributed by atoms with Crippen LogP contribution in [0.5, 0.6) is 0 Å². The number of fused-ring (bicyclic) bond motifs is 1. The van der Waals surface area contributed by atoms with Crippen LogP contribution in [0.25, 0.3) is 27.7 Å². The number of benzene rings is 1. The molecule has 0 atom stereocenters. The van der Waals surface area contributed by atoms with Gasteiger partial charge in [-0.05, 0) is 24.6 Å². The maximum atomic E-state index is 9.24. The molecule has 3 aromatic heterocycles. The van der Waals surface area contributed by atoms with Crippen molar-refractivity contribution in [1.29, 1.82) is 5.26 Å². The van der Waals surface area contributed by atoms with Gasteiger partial charge in [0.15, 0.2) is 10.7 Å². The van der Waals surface area contributed by atoms with Crippen LogP contribution < -0.4 is 0 Å². The molecule has 4 rings (SSSR count). The van der Waals surface area contributed by atoms with Gasteiger partial charge in [-0.15, -0.1) is 11.3 Å². The Morgan fingerprint density at radius 2 is 2.09 bits per heavy atom. The molecule has 23 heavy (non-hydrogen) atoms. The second-order valence-corrected chi connectivity index (χ2v) is 6.16. The lowest BCUT2D eigenvalue weighted by molar-refractivity contribution is 0.580. The summed E-state index contributed by atoms with van der Waals surface area (Å²) in [6.07, 6.45) is 1.91.